The van der Waals surface area contributed by atoms with Crippen molar-refractivity contribution in [2.75, 3.05) is 18.4 Å². The number of hydrogen-bond donors (Lipinski definition) is 1. The average Bonchev–Trinajstić information content (AvgIpc) is 2.62. The normalized spacial score (nSPS) is 15.1. The molecule has 1 heterocycles. The highest BCUT2D eigenvalue weighted by atomic mass is 35.5. The third-order valence-electron chi connectivity index (χ3n) is 4.30. The first kappa shape index (κ1) is 16.5. The summed E-state index contributed by atoms with van der Waals surface area (Å²) in [4.78, 5) is 26.6. The fourth-order valence-electron chi connectivity index (χ4n) is 2.92. The summed E-state index contributed by atoms with van der Waals surface area (Å²) in [6, 6.07) is 16.5. The molecule has 1 fully saturated rings. The van der Waals surface area contributed by atoms with Crippen LogP contribution in [0.25, 0.3) is 0 Å². The highest BCUT2D eigenvalue weighted by Gasteiger charge is 2.28. The molecule has 0 radical (unpaired) electrons. The van der Waals surface area contributed by atoms with E-state index in [1.807, 2.05) is 30.3 Å². The monoisotopic (exact) mass is 342 g/mol. The maximum atomic E-state index is 12.5. The molecule has 3 rings (SSSR count). The minimum absolute atomic E-state index is 0.0195. The summed E-state index contributed by atoms with van der Waals surface area (Å²) in [7, 11) is 0. The van der Waals surface area contributed by atoms with Crippen LogP contribution >= 0.6 is 11.6 Å². The van der Waals surface area contributed by atoms with Crippen LogP contribution in [0.4, 0.5) is 5.69 Å². The predicted molar refractivity (Wildman–Crippen MR) is 95.2 cm³/mol. The molecule has 1 N–H and O–H groups in total. The van der Waals surface area contributed by atoms with Crippen molar-refractivity contribution in [3.8, 4) is 0 Å². The van der Waals surface area contributed by atoms with Crippen molar-refractivity contribution in [2.24, 2.45) is 5.92 Å². The van der Waals surface area contributed by atoms with Crippen LogP contribution in [0.2, 0.25) is 5.02 Å². The first-order valence-electron chi connectivity index (χ1n) is 8.05. The van der Waals surface area contributed by atoms with Crippen LogP contribution in [0.15, 0.2) is 54.6 Å². The molecule has 4 nitrogen and oxygen atoms in total. The van der Waals surface area contributed by atoms with Crippen LogP contribution in [-0.2, 0) is 4.79 Å². The molecule has 0 spiro atoms. The third-order valence-corrected chi connectivity index (χ3v) is 4.63. The lowest BCUT2D eigenvalue weighted by atomic mass is 9.95. The first-order valence-corrected chi connectivity index (χ1v) is 8.42. The van der Waals surface area contributed by atoms with E-state index in [1.165, 1.54) is 0 Å². The van der Waals surface area contributed by atoms with Gasteiger partial charge in [0.15, 0.2) is 0 Å². The highest BCUT2D eigenvalue weighted by Crippen LogP contribution is 2.23. The number of amides is 2. The molecule has 0 aliphatic carbocycles. The molecule has 0 unspecified atom stereocenters. The van der Waals surface area contributed by atoms with Gasteiger partial charge in [-0.2, -0.15) is 0 Å². The largest absolute Gasteiger partial charge is 0.339 e. The van der Waals surface area contributed by atoms with Gasteiger partial charge in [0.05, 0.1) is 10.6 Å². The van der Waals surface area contributed by atoms with Crippen LogP contribution in [0.3, 0.4) is 0 Å². The lowest BCUT2D eigenvalue weighted by molar-refractivity contribution is -0.121. The van der Waals surface area contributed by atoms with Gasteiger partial charge in [0.2, 0.25) is 5.91 Å². The van der Waals surface area contributed by atoms with Gasteiger partial charge < -0.3 is 10.2 Å². The van der Waals surface area contributed by atoms with E-state index in [0.717, 1.165) is 5.69 Å². The number of piperidine rings is 1. The molecule has 0 atom stereocenters. The second-order valence-electron chi connectivity index (χ2n) is 5.90. The Labute approximate surface area is 146 Å². The van der Waals surface area contributed by atoms with E-state index in [4.69, 9.17) is 11.6 Å². The van der Waals surface area contributed by atoms with Crippen LogP contribution in [-0.4, -0.2) is 29.8 Å². The zero-order chi connectivity index (χ0) is 16.9. The fraction of sp³-hybridized carbons (Fsp3) is 0.263. The van der Waals surface area contributed by atoms with Crippen molar-refractivity contribution in [3.63, 3.8) is 0 Å². The number of hydrogen-bond acceptors (Lipinski definition) is 2. The maximum absolute atomic E-state index is 12.5. The van der Waals surface area contributed by atoms with Gasteiger partial charge in [-0.05, 0) is 37.1 Å². The van der Waals surface area contributed by atoms with E-state index >= 15 is 0 Å². The summed E-state index contributed by atoms with van der Waals surface area (Å²) < 4.78 is 0. The standard InChI is InChI=1S/C19H19ClN2O2/c20-17-9-5-4-8-16(17)19(24)22-12-10-14(11-13-22)18(23)21-15-6-2-1-3-7-15/h1-9,14H,10-13H2,(H,21,23). The number of anilines is 1. The second-order valence-corrected chi connectivity index (χ2v) is 6.31. The van der Waals surface area contributed by atoms with Gasteiger partial charge in [-0.3, -0.25) is 9.59 Å². The van der Waals surface area contributed by atoms with Crippen LogP contribution in [0, 0.1) is 5.92 Å². The molecule has 1 saturated heterocycles. The Morgan fingerprint density at radius 1 is 0.958 bits per heavy atom. The Kier molecular flexibility index (Phi) is 5.16. The number of nitrogens with zero attached hydrogens (tertiary/aromatic N) is 1. The fourth-order valence-corrected chi connectivity index (χ4v) is 3.13. The summed E-state index contributed by atoms with van der Waals surface area (Å²) >= 11 is 6.10. The quantitative estimate of drug-likeness (QED) is 0.921. The number of carbonyl (C=O) groups excluding carboxylic acids is 2. The summed E-state index contributed by atoms with van der Waals surface area (Å²) in [5, 5.41) is 3.40. The van der Waals surface area contributed by atoms with Gasteiger partial charge in [0.1, 0.15) is 0 Å². The van der Waals surface area contributed by atoms with Crippen molar-refractivity contribution in [2.45, 2.75) is 12.8 Å². The molecule has 0 saturated carbocycles. The summed E-state index contributed by atoms with van der Waals surface area (Å²) in [6.45, 7) is 1.13. The van der Waals surface area contributed by atoms with Gasteiger partial charge in [-0.15, -0.1) is 0 Å². The van der Waals surface area contributed by atoms with E-state index in [9.17, 15) is 9.59 Å². The Morgan fingerprint density at radius 2 is 1.58 bits per heavy atom. The summed E-state index contributed by atoms with van der Waals surface area (Å²) in [6.07, 6.45) is 1.32. The number of nitrogens with one attached hydrogen (secondary N) is 1. The zero-order valence-corrected chi connectivity index (χ0v) is 14.0. The topological polar surface area (TPSA) is 49.4 Å². The van der Waals surface area contributed by atoms with Gasteiger partial charge in [0.25, 0.3) is 5.91 Å². The number of para-hydroxylation sites is 1. The molecule has 1 aliphatic heterocycles. The van der Waals surface area contributed by atoms with Crippen LogP contribution in [0.5, 0.6) is 0 Å². The molecule has 24 heavy (non-hydrogen) atoms. The number of benzene rings is 2. The van der Waals surface area contributed by atoms with E-state index in [0.29, 0.717) is 36.5 Å². The number of rotatable bonds is 3. The number of halogens is 1. The lowest BCUT2D eigenvalue weighted by Crippen LogP contribution is -2.41. The van der Waals surface area contributed by atoms with Crippen molar-refractivity contribution in [1.82, 2.24) is 4.90 Å². The van der Waals surface area contributed by atoms with Crippen LogP contribution < -0.4 is 5.32 Å². The van der Waals surface area contributed by atoms with Crippen molar-refractivity contribution < 1.29 is 9.59 Å². The first-order chi connectivity index (χ1) is 11.6. The minimum atomic E-state index is -0.0690. The molecule has 2 amide bonds. The molecule has 124 valence electrons. The third kappa shape index (κ3) is 3.77. The maximum Gasteiger partial charge on any atom is 0.255 e. The zero-order valence-electron chi connectivity index (χ0n) is 13.2. The Balaban J connectivity index is 1.57. The van der Waals surface area contributed by atoms with Crippen molar-refractivity contribution in [3.05, 3.63) is 65.2 Å². The van der Waals surface area contributed by atoms with Gasteiger partial charge in [-0.1, -0.05) is 41.9 Å². The van der Waals surface area contributed by atoms with Gasteiger partial charge >= 0.3 is 0 Å². The van der Waals surface area contributed by atoms with Gasteiger partial charge in [0, 0.05) is 24.7 Å². The smallest absolute Gasteiger partial charge is 0.255 e. The molecule has 2 aromatic carbocycles. The van der Waals surface area contributed by atoms with Gasteiger partial charge in [-0.25, -0.2) is 0 Å². The predicted octanol–water partition coefficient (Wildman–Crippen LogP) is 3.83. The number of carbonyl (C=O) groups is 2. The average molecular weight is 343 g/mol. The molecule has 5 heteroatoms. The number of likely N-dealkylation sites (tertiary alicyclic amines) is 1. The Morgan fingerprint density at radius 3 is 2.25 bits per heavy atom. The molecule has 1 aliphatic rings. The van der Waals surface area contributed by atoms with E-state index in [-0.39, 0.29) is 17.7 Å². The second kappa shape index (κ2) is 7.49. The van der Waals surface area contributed by atoms with E-state index < -0.39 is 0 Å². The molecular formula is C19H19ClN2O2. The Bertz CT molecular complexity index is 725. The highest BCUT2D eigenvalue weighted by molar-refractivity contribution is 6.33. The molecular weight excluding hydrogens is 324 g/mol. The SMILES string of the molecule is O=C(Nc1ccccc1)C1CCN(C(=O)c2ccccc2Cl)CC1. The van der Waals surface area contributed by atoms with Crippen LogP contribution in [0.1, 0.15) is 23.2 Å². The summed E-state index contributed by atoms with van der Waals surface area (Å²) in [5.74, 6) is -0.117. The van der Waals surface area contributed by atoms with E-state index in [2.05, 4.69) is 5.32 Å². The van der Waals surface area contributed by atoms with Crippen molar-refractivity contribution in [1.29, 1.82) is 0 Å². The molecule has 2 aromatic rings. The minimum Gasteiger partial charge on any atom is -0.339 e. The molecule has 0 bridgehead atoms. The Hall–Kier alpha value is -2.33. The lowest BCUT2D eigenvalue weighted by Gasteiger charge is -2.31. The molecule has 0 aromatic heterocycles. The summed E-state index contributed by atoms with van der Waals surface area (Å²) in [5.41, 5.74) is 1.32. The van der Waals surface area contributed by atoms with Crippen molar-refractivity contribution >= 4 is 29.1 Å². The van der Waals surface area contributed by atoms with E-state index in [1.54, 1.807) is 29.2 Å².